The van der Waals surface area contributed by atoms with Gasteiger partial charge in [-0.2, -0.15) is 5.10 Å². The number of aromatic nitrogens is 2. The maximum Gasteiger partial charge on any atom is 0.410 e. The van der Waals surface area contributed by atoms with Crippen molar-refractivity contribution in [3.05, 3.63) is 42.2 Å². The number of nitrogens with one attached hydrogen (secondary N) is 1. The van der Waals surface area contributed by atoms with E-state index in [1.165, 1.54) is 11.1 Å². The fourth-order valence-corrected chi connectivity index (χ4v) is 3.27. The Balaban J connectivity index is 1.54. The Hall–Kier alpha value is -2.30. The number of benzene rings is 1. The summed E-state index contributed by atoms with van der Waals surface area (Å²) in [6.45, 7) is 7.28. The summed E-state index contributed by atoms with van der Waals surface area (Å²) in [6.07, 6.45) is 6.67. The number of amides is 1. The van der Waals surface area contributed by atoms with Gasteiger partial charge in [0.25, 0.3) is 0 Å². The molecule has 0 saturated carbocycles. The van der Waals surface area contributed by atoms with Gasteiger partial charge in [0.1, 0.15) is 5.60 Å². The van der Waals surface area contributed by atoms with Crippen molar-refractivity contribution >= 4 is 6.09 Å². The number of aromatic amines is 1. The van der Waals surface area contributed by atoms with Crippen molar-refractivity contribution in [2.45, 2.75) is 45.6 Å². The van der Waals surface area contributed by atoms with Gasteiger partial charge in [0.2, 0.25) is 0 Å². The second kappa shape index (κ2) is 7.30. The van der Waals surface area contributed by atoms with Crippen molar-refractivity contribution in [3.8, 4) is 11.1 Å². The van der Waals surface area contributed by atoms with Crippen LogP contribution in [0.25, 0.3) is 11.1 Å². The summed E-state index contributed by atoms with van der Waals surface area (Å²) in [5.74, 6) is 0.610. The van der Waals surface area contributed by atoms with E-state index < -0.39 is 5.60 Å². The molecule has 0 radical (unpaired) electrons. The molecule has 1 aliphatic heterocycles. The van der Waals surface area contributed by atoms with Gasteiger partial charge in [0.05, 0.1) is 6.20 Å². The maximum atomic E-state index is 12.1. The van der Waals surface area contributed by atoms with Crippen LogP contribution in [0.5, 0.6) is 0 Å². The lowest BCUT2D eigenvalue weighted by atomic mass is 9.89. The van der Waals surface area contributed by atoms with Crippen LogP contribution in [0, 0.1) is 5.92 Å². The number of piperidine rings is 1. The molecule has 1 aromatic carbocycles. The van der Waals surface area contributed by atoms with E-state index in [4.69, 9.17) is 4.74 Å². The van der Waals surface area contributed by atoms with E-state index in [0.29, 0.717) is 5.92 Å². The number of rotatable bonds is 3. The van der Waals surface area contributed by atoms with Crippen molar-refractivity contribution in [1.29, 1.82) is 0 Å². The lowest BCUT2D eigenvalue weighted by Crippen LogP contribution is -2.42. The van der Waals surface area contributed by atoms with Crippen molar-refractivity contribution in [3.63, 3.8) is 0 Å². The molecule has 1 amide bonds. The number of carbonyl (C=O) groups is 1. The van der Waals surface area contributed by atoms with Crippen LogP contribution < -0.4 is 0 Å². The Morgan fingerprint density at radius 3 is 2.68 bits per heavy atom. The molecule has 1 fully saturated rings. The molecule has 5 nitrogen and oxygen atoms in total. The van der Waals surface area contributed by atoms with Gasteiger partial charge in [-0.3, -0.25) is 5.10 Å². The molecule has 0 aliphatic carbocycles. The molecule has 1 aliphatic rings. The SMILES string of the molecule is CC(C)(C)OC(=O)N1CCC(Cc2cccc(-c3cn[nH]c3)c2)CC1. The minimum atomic E-state index is -0.429. The molecule has 0 spiro atoms. The van der Waals surface area contributed by atoms with E-state index >= 15 is 0 Å². The van der Waals surface area contributed by atoms with Crippen LogP contribution in [0.3, 0.4) is 0 Å². The largest absolute Gasteiger partial charge is 0.444 e. The summed E-state index contributed by atoms with van der Waals surface area (Å²) in [5.41, 5.74) is 3.22. The molecular formula is C20H27N3O2. The van der Waals surface area contributed by atoms with E-state index in [2.05, 4.69) is 34.5 Å². The Labute approximate surface area is 149 Å². The molecule has 2 heterocycles. The van der Waals surface area contributed by atoms with Gasteiger partial charge in [-0.15, -0.1) is 0 Å². The van der Waals surface area contributed by atoms with Gasteiger partial charge in [0.15, 0.2) is 0 Å². The Morgan fingerprint density at radius 1 is 1.28 bits per heavy atom. The highest BCUT2D eigenvalue weighted by Gasteiger charge is 2.26. The molecule has 5 heteroatoms. The summed E-state index contributed by atoms with van der Waals surface area (Å²) >= 11 is 0. The van der Waals surface area contributed by atoms with Crippen LogP contribution in [-0.4, -0.2) is 39.9 Å². The summed E-state index contributed by atoms with van der Waals surface area (Å²) in [7, 11) is 0. The summed E-state index contributed by atoms with van der Waals surface area (Å²) in [5, 5.41) is 6.88. The monoisotopic (exact) mass is 341 g/mol. The quantitative estimate of drug-likeness (QED) is 0.907. The molecule has 0 unspecified atom stereocenters. The van der Waals surface area contributed by atoms with Gasteiger partial charge in [0, 0.05) is 24.8 Å². The van der Waals surface area contributed by atoms with Gasteiger partial charge >= 0.3 is 6.09 Å². The van der Waals surface area contributed by atoms with Crippen LogP contribution in [0.1, 0.15) is 39.2 Å². The molecule has 25 heavy (non-hydrogen) atoms. The van der Waals surface area contributed by atoms with Crippen molar-refractivity contribution < 1.29 is 9.53 Å². The number of nitrogens with zero attached hydrogens (tertiary/aromatic N) is 2. The minimum absolute atomic E-state index is 0.187. The fourth-order valence-electron chi connectivity index (χ4n) is 3.27. The minimum Gasteiger partial charge on any atom is -0.444 e. The first-order valence-corrected chi connectivity index (χ1v) is 8.97. The summed E-state index contributed by atoms with van der Waals surface area (Å²) in [4.78, 5) is 14.0. The number of hydrogen-bond acceptors (Lipinski definition) is 3. The van der Waals surface area contributed by atoms with Crippen LogP contribution in [0.2, 0.25) is 0 Å². The van der Waals surface area contributed by atoms with Crippen molar-refractivity contribution in [1.82, 2.24) is 15.1 Å². The van der Waals surface area contributed by atoms with E-state index in [0.717, 1.165) is 37.9 Å². The van der Waals surface area contributed by atoms with Crippen molar-refractivity contribution in [2.24, 2.45) is 5.92 Å². The number of ether oxygens (including phenoxy) is 1. The third-order valence-corrected chi connectivity index (χ3v) is 4.55. The zero-order chi connectivity index (χ0) is 17.9. The van der Waals surface area contributed by atoms with Crippen LogP contribution in [0.4, 0.5) is 4.79 Å². The zero-order valence-electron chi connectivity index (χ0n) is 15.3. The summed E-state index contributed by atoms with van der Waals surface area (Å²) in [6, 6.07) is 8.64. The van der Waals surface area contributed by atoms with Crippen molar-refractivity contribution in [2.75, 3.05) is 13.1 Å². The van der Waals surface area contributed by atoms with Gasteiger partial charge in [-0.05, 0) is 57.1 Å². The van der Waals surface area contributed by atoms with E-state index in [1.807, 2.05) is 38.1 Å². The topological polar surface area (TPSA) is 58.2 Å². The molecule has 0 atom stereocenters. The fraction of sp³-hybridized carbons (Fsp3) is 0.500. The normalized spacial score (nSPS) is 16.0. The van der Waals surface area contributed by atoms with Crippen LogP contribution in [0.15, 0.2) is 36.7 Å². The Kier molecular flexibility index (Phi) is 5.11. The molecule has 0 bridgehead atoms. The lowest BCUT2D eigenvalue weighted by Gasteiger charge is -2.33. The average Bonchev–Trinajstić information content (AvgIpc) is 3.09. The highest BCUT2D eigenvalue weighted by molar-refractivity contribution is 5.68. The standard InChI is InChI=1S/C20H27N3O2/c1-20(2,3)25-19(24)23-9-7-15(8-10-23)11-16-5-4-6-17(12-16)18-13-21-22-14-18/h4-6,12-15H,7-11H2,1-3H3,(H,21,22). The van der Waals surface area contributed by atoms with Crippen LogP contribution >= 0.6 is 0 Å². The zero-order valence-corrected chi connectivity index (χ0v) is 15.3. The number of hydrogen-bond donors (Lipinski definition) is 1. The number of H-pyrrole nitrogens is 1. The molecular weight excluding hydrogens is 314 g/mol. The van der Waals surface area contributed by atoms with Gasteiger partial charge in [-0.25, -0.2) is 4.79 Å². The number of carbonyl (C=O) groups excluding carboxylic acids is 1. The second-order valence-corrected chi connectivity index (χ2v) is 7.80. The third kappa shape index (κ3) is 4.84. The molecule has 1 aromatic heterocycles. The smallest absolute Gasteiger partial charge is 0.410 e. The molecule has 1 saturated heterocycles. The molecule has 2 aromatic rings. The first-order valence-electron chi connectivity index (χ1n) is 8.97. The van der Waals surface area contributed by atoms with Crippen LogP contribution in [-0.2, 0) is 11.2 Å². The first kappa shape index (κ1) is 17.5. The molecule has 134 valence electrons. The van der Waals surface area contributed by atoms with E-state index in [1.54, 1.807) is 0 Å². The molecule has 1 N–H and O–H groups in total. The lowest BCUT2D eigenvalue weighted by molar-refractivity contribution is 0.0184. The highest BCUT2D eigenvalue weighted by Crippen LogP contribution is 2.25. The third-order valence-electron chi connectivity index (χ3n) is 4.55. The van der Waals surface area contributed by atoms with Gasteiger partial charge < -0.3 is 9.64 Å². The van der Waals surface area contributed by atoms with Gasteiger partial charge in [-0.1, -0.05) is 24.3 Å². The molecule has 3 rings (SSSR count). The first-order chi connectivity index (χ1) is 11.9. The second-order valence-electron chi connectivity index (χ2n) is 7.80. The van der Waals surface area contributed by atoms with E-state index in [-0.39, 0.29) is 6.09 Å². The Bertz CT molecular complexity index is 696. The van der Waals surface area contributed by atoms with E-state index in [9.17, 15) is 4.79 Å². The maximum absolute atomic E-state index is 12.1. The Morgan fingerprint density at radius 2 is 2.04 bits per heavy atom. The average molecular weight is 341 g/mol. The number of likely N-dealkylation sites (tertiary alicyclic amines) is 1. The predicted octanol–water partition coefficient (Wildman–Crippen LogP) is 4.27. The highest BCUT2D eigenvalue weighted by atomic mass is 16.6. The summed E-state index contributed by atoms with van der Waals surface area (Å²) < 4.78 is 5.47. The predicted molar refractivity (Wildman–Crippen MR) is 98.3 cm³/mol.